The first kappa shape index (κ1) is 16.8. The Kier molecular flexibility index (Phi) is 6.24. The van der Waals surface area contributed by atoms with E-state index in [9.17, 15) is 9.59 Å². The van der Waals surface area contributed by atoms with Crippen LogP contribution in [0.4, 0.5) is 4.79 Å². The van der Waals surface area contributed by atoms with E-state index in [-0.39, 0.29) is 18.0 Å². The van der Waals surface area contributed by atoms with Crippen LogP contribution in [0.2, 0.25) is 0 Å². The molecule has 2 heterocycles. The van der Waals surface area contributed by atoms with Crippen molar-refractivity contribution in [2.24, 2.45) is 5.92 Å². The highest BCUT2D eigenvalue weighted by Crippen LogP contribution is 2.20. The number of piperidine rings is 1. The first-order chi connectivity index (χ1) is 10.6. The third-order valence-electron chi connectivity index (χ3n) is 4.15. The average Bonchev–Trinajstić information content (AvgIpc) is 3.00. The molecule has 0 aromatic carbocycles. The second kappa shape index (κ2) is 8.17. The fraction of sp³-hybridized carbons (Fsp3) is 0.625. The lowest BCUT2D eigenvalue weighted by molar-refractivity contribution is -0.121. The maximum atomic E-state index is 12.3. The number of thiophene rings is 1. The molecule has 6 heteroatoms. The topological polar surface area (TPSA) is 61.4 Å². The van der Waals surface area contributed by atoms with Crippen LogP contribution in [0.3, 0.4) is 0 Å². The maximum absolute atomic E-state index is 12.3. The summed E-state index contributed by atoms with van der Waals surface area (Å²) in [6.45, 7) is 3.51. The predicted molar refractivity (Wildman–Crippen MR) is 89.0 cm³/mol. The van der Waals surface area contributed by atoms with Gasteiger partial charge in [-0.05, 0) is 54.5 Å². The molecule has 1 aliphatic rings. The monoisotopic (exact) mass is 323 g/mol. The van der Waals surface area contributed by atoms with Crippen LogP contribution in [0.5, 0.6) is 0 Å². The SMILES string of the molecule is CNC(=O)CC1CCN(C(=O)NC(C)Cc2ccsc2)CC1. The van der Waals surface area contributed by atoms with Crippen LogP contribution in [0.25, 0.3) is 0 Å². The number of carbonyl (C=O) groups is 2. The highest BCUT2D eigenvalue weighted by Gasteiger charge is 2.24. The van der Waals surface area contributed by atoms with Crippen molar-refractivity contribution in [2.75, 3.05) is 20.1 Å². The number of nitrogens with one attached hydrogen (secondary N) is 2. The molecule has 1 aromatic heterocycles. The number of rotatable bonds is 5. The zero-order valence-electron chi connectivity index (χ0n) is 13.3. The number of nitrogens with zero attached hydrogens (tertiary/aromatic N) is 1. The fourth-order valence-corrected chi connectivity index (χ4v) is 3.50. The summed E-state index contributed by atoms with van der Waals surface area (Å²) in [4.78, 5) is 25.5. The van der Waals surface area contributed by atoms with Gasteiger partial charge in [-0.2, -0.15) is 11.3 Å². The fourth-order valence-electron chi connectivity index (χ4n) is 2.82. The standard InChI is InChI=1S/C16H25N3O2S/c1-12(9-14-5-8-22-11-14)18-16(21)19-6-3-13(4-7-19)10-15(20)17-2/h5,8,11-13H,3-4,6-7,9-10H2,1-2H3,(H,17,20)(H,18,21). The number of hydrogen-bond donors (Lipinski definition) is 2. The third-order valence-corrected chi connectivity index (χ3v) is 4.88. The van der Waals surface area contributed by atoms with Crippen molar-refractivity contribution in [2.45, 2.75) is 38.6 Å². The Morgan fingerprint density at radius 3 is 2.73 bits per heavy atom. The molecule has 1 saturated heterocycles. The molecule has 1 atom stereocenters. The van der Waals surface area contributed by atoms with Crippen molar-refractivity contribution in [3.63, 3.8) is 0 Å². The van der Waals surface area contributed by atoms with Gasteiger partial charge in [0.25, 0.3) is 0 Å². The van der Waals surface area contributed by atoms with E-state index in [0.29, 0.717) is 12.3 Å². The van der Waals surface area contributed by atoms with Gasteiger partial charge in [0.2, 0.25) is 5.91 Å². The molecule has 122 valence electrons. The molecule has 5 nitrogen and oxygen atoms in total. The summed E-state index contributed by atoms with van der Waals surface area (Å²) in [6, 6.07) is 2.24. The van der Waals surface area contributed by atoms with Gasteiger partial charge in [0.05, 0.1) is 0 Å². The van der Waals surface area contributed by atoms with Crippen molar-refractivity contribution in [3.05, 3.63) is 22.4 Å². The van der Waals surface area contributed by atoms with Gasteiger partial charge in [-0.1, -0.05) is 0 Å². The molecule has 2 N–H and O–H groups in total. The average molecular weight is 323 g/mol. The molecule has 1 aliphatic heterocycles. The van der Waals surface area contributed by atoms with E-state index in [4.69, 9.17) is 0 Å². The summed E-state index contributed by atoms with van der Waals surface area (Å²) in [5, 5.41) is 9.90. The van der Waals surface area contributed by atoms with Crippen LogP contribution in [0.1, 0.15) is 31.7 Å². The number of urea groups is 1. The molecular weight excluding hydrogens is 298 g/mol. The molecule has 0 radical (unpaired) electrons. The summed E-state index contributed by atoms with van der Waals surface area (Å²) in [7, 11) is 1.67. The second-order valence-corrected chi connectivity index (χ2v) is 6.77. The van der Waals surface area contributed by atoms with Crippen LogP contribution in [0.15, 0.2) is 16.8 Å². The van der Waals surface area contributed by atoms with Crippen LogP contribution in [0, 0.1) is 5.92 Å². The van der Waals surface area contributed by atoms with Crippen LogP contribution < -0.4 is 10.6 Å². The molecule has 3 amide bonds. The van der Waals surface area contributed by atoms with E-state index in [1.807, 2.05) is 11.8 Å². The van der Waals surface area contributed by atoms with E-state index in [1.165, 1.54) is 5.56 Å². The van der Waals surface area contributed by atoms with Gasteiger partial charge >= 0.3 is 6.03 Å². The largest absolute Gasteiger partial charge is 0.359 e. The minimum absolute atomic E-state index is 0.0149. The molecule has 0 bridgehead atoms. The third kappa shape index (κ3) is 5.02. The zero-order chi connectivity index (χ0) is 15.9. The van der Waals surface area contributed by atoms with Gasteiger partial charge in [0.1, 0.15) is 0 Å². The highest BCUT2D eigenvalue weighted by molar-refractivity contribution is 7.07. The first-order valence-corrected chi connectivity index (χ1v) is 8.80. The van der Waals surface area contributed by atoms with Crippen molar-refractivity contribution in [1.29, 1.82) is 0 Å². The highest BCUT2D eigenvalue weighted by atomic mass is 32.1. The normalized spacial score (nSPS) is 17.1. The van der Waals surface area contributed by atoms with Crippen molar-refractivity contribution in [1.82, 2.24) is 15.5 Å². The van der Waals surface area contributed by atoms with E-state index in [1.54, 1.807) is 18.4 Å². The van der Waals surface area contributed by atoms with Crippen molar-refractivity contribution >= 4 is 23.3 Å². The lowest BCUT2D eigenvalue weighted by atomic mass is 9.93. The summed E-state index contributed by atoms with van der Waals surface area (Å²) in [5.41, 5.74) is 1.27. The van der Waals surface area contributed by atoms with Crippen LogP contribution >= 0.6 is 11.3 Å². The molecule has 2 rings (SSSR count). The van der Waals surface area contributed by atoms with Gasteiger partial charge in [-0.15, -0.1) is 0 Å². The Bertz CT molecular complexity index is 482. The lowest BCUT2D eigenvalue weighted by Crippen LogP contribution is -2.47. The van der Waals surface area contributed by atoms with Gasteiger partial charge in [-0.25, -0.2) is 4.79 Å². The summed E-state index contributed by atoms with van der Waals surface area (Å²) < 4.78 is 0. The summed E-state index contributed by atoms with van der Waals surface area (Å²) in [5.74, 6) is 0.486. The zero-order valence-corrected chi connectivity index (χ0v) is 14.1. The predicted octanol–water partition coefficient (Wildman–Crippen LogP) is 2.24. The van der Waals surface area contributed by atoms with Gasteiger partial charge in [-0.3, -0.25) is 4.79 Å². The maximum Gasteiger partial charge on any atom is 0.317 e. The molecular formula is C16H25N3O2S. The van der Waals surface area contributed by atoms with E-state index in [0.717, 1.165) is 32.4 Å². The number of amides is 3. The number of likely N-dealkylation sites (tertiary alicyclic amines) is 1. The molecule has 22 heavy (non-hydrogen) atoms. The van der Waals surface area contributed by atoms with Gasteiger partial charge in [0, 0.05) is 32.6 Å². The molecule has 1 aromatic rings. The molecule has 1 fully saturated rings. The first-order valence-electron chi connectivity index (χ1n) is 7.85. The van der Waals surface area contributed by atoms with Crippen molar-refractivity contribution < 1.29 is 9.59 Å². The number of hydrogen-bond acceptors (Lipinski definition) is 3. The van der Waals surface area contributed by atoms with Gasteiger partial charge < -0.3 is 15.5 Å². The number of carbonyl (C=O) groups excluding carboxylic acids is 2. The van der Waals surface area contributed by atoms with Crippen LogP contribution in [-0.2, 0) is 11.2 Å². The summed E-state index contributed by atoms with van der Waals surface area (Å²) >= 11 is 1.68. The van der Waals surface area contributed by atoms with Crippen LogP contribution in [-0.4, -0.2) is 43.0 Å². The van der Waals surface area contributed by atoms with Crippen molar-refractivity contribution in [3.8, 4) is 0 Å². The molecule has 0 saturated carbocycles. The minimum Gasteiger partial charge on any atom is -0.359 e. The molecule has 1 unspecified atom stereocenters. The smallest absolute Gasteiger partial charge is 0.317 e. The van der Waals surface area contributed by atoms with E-state index < -0.39 is 0 Å². The second-order valence-electron chi connectivity index (χ2n) is 5.99. The minimum atomic E-state index is 0.0149. The summed E-state index contributed by atoms with van der Waals surface area (Å²) in [6.07, 6.45) is 3.24. The van der Waals surface area contributed by atoms with E-state index in [2.05, 4.69) is 27.5 Å². The Hall–Kier alpha value is -1.56. The molecule has 0 aliphatic carbocycles. The molecule has 0 spiro atoms. The Morgan fingerprint density at radius 2 is 2.14 bits per heavy atom. The Morgan fingerprint density at radius 1 is 1.41 bits per heavy atom. The Labute approximate surface area is 136 Å². The Balaban J connectivity index is 1.71. The quantitative estimate of drug-likeness (QED) is 0.873. The lowest BCUT2D eigenvalue weighted by Gasteiger charge is -2.32. The van der Waals surface area contributed by atoms with E-state index >= 15 is 0 Å². The van der Waals surface area contributed by atoms with Gasteiger partial charge in [0.15, 0.2) is 0 Å².